The number of carboxylic acids is 1. The molecule has 0 radical (unpaired) electrons. The molecule has 2 N–H and O–H groups in total. The summed E-state index contributed by atoms with van der Waals surface area (Å²) >= 11 is 3.22. The van der Waals surface area contributed by atoms with E-state index in [-0.39, 0.29) is 17.2 Å². The zero-order chi connectivity index (χ0) is 15.6. The summed E-state index contributed by atoms with van der Waals surface area (Å²) in [5.74, 6) is -1.40. The van der Waals surface area contributed by atoms with Crippen LogP contribution >= 0.6 is 15.9 Å². The first-order valence-electron chi connectivity index (χ1n) is 6.30. The van der Waals surface area contributed by atoms with Crippen molar-refractivity contribution in [1.29, 1.82) is 0 Å². The number of carbonyl (C=O) groups excluding carboxylic acids is 1. The van der Waals surface area contributed by atoms with Crippen molar-refractivity contribution < 1.29 is 14.7 Å². The minimum Gasteiger partial charge on any atom is -0.478 e. The molecule has 0 unspecified atom stereocenters. The molecule has 0 heterocycles. The molecular weight excluding hydrogens is 334 g/mol. The van der Waals surface area contributed by atoms with Crippen LogP contribution in [-0.2, 0) is 0 Å². The van der Waals surface area contributed by atoms with E-state index in [2.05, 4.69) is 21.2 Å². The number of anilines is 1. The Balaban J connectivity index is 2.39. The van der Waals surface area contributed by atoms with E-state index in [0.717, 1.165) is 11.1 Å². The molecule has 0 aliphatic carbocycles. The monoisotopic (exact) mass is 347 g/mol. The third-order valence-corrected chi connectivity index (χ3v) is 3.66. The molecule has 108 valence electrons. The van der Waals surface area contributed by atoms with E-state index in [1.807, 2.05) is 32.0 Å². The molecule has 4 nitrogen and oxygen atoms in total. The third-order valence-electron chi connectivity index (χ3n) is 3.17. The van der Waals surface area contributed by atoms with E-state index in [1.54, 1.807) is 12.1 Å². The number of amides is 1. The van der Waals surface area contributed by atoms with Crippen molar-refractivity contribution in [3.05, 3.63) is 63.1 Å². The smallest absolute Gasteiger partial charge is 0.337 e. The van der Waals surface area contributed by atoms with Crippen LogP contribution in [0, 0.1) is 13.8 Å². The van der Waals surface area contributed by atoms with Gasteiger partial charge in [0.05, 0.1) is 11.3 Å². The maximum absolute atomic E-state index is 12.4. The predicted octanol–water partition coefficient (Wildman–Crippen LogP) is 4.02. The molecule has 0 aliphatic heterocycles. The summed E-state index contributed by atoms with van der Waals surface area (Å²) in [7, 11) is 0. The van der Waals surface area contributed by atoms with Gasteiger partial charge in [0.15, 0.2) is 0 Å². The van der Waals surface area contributed by atoms with Crippen LogP contribution < -0.4 is 5.32 Å². The van der Waals surface area contributed by atoms with Gasteiger partial charge in [0.2, 0.25) is 0 Å². The van der Waals surface area contributed by atoms with Crippen molar-refractivity contribution >= 4 is 33.5 Å². The molecule has 0 saturated heterocycles. The fraction of sp³-hybridized carbons (Fsp3) is 0.125. The number of rotatable bonds is 3. The van der Waals surface area contributed by atoms with Crippen molar-refractivity contribution in [2.45, 2.75) is 13.8 Å². The Labute approximate surface area is 130 Å². The van der Waals surface area contributed by atoms with Crippen molar-refractivity contribution in [2.75, 3.05) is 5.32 Å². The zero-order valence-corrected chi connectivity index (χ0v) is 13.2. The van der Waals surface area contributed by atoms with Gasteiger partial charge in [-0.15, -0.1) is 0 Å². The number of hydrogen-bond acceptors (Lipinski definition) is 2. The van der Waals surface area contributed by atoms with Crippen LogP contribution in [0.15, 0.2) is 40.9 Å². The second kappa shape index (κ2) is 6.10. The van der Waals surface area contributed by atoms with Crippen LogP contribution in [0.2, 0.25) is 0 Å². The van der Waals surface area contributed by atoms with Gasteiger partial charge < -0.3 is 10.4 Å². The molecule has 0 atom stereocenters. The van der Waals surface area contributed by atoms with Crippen molar-refractivity contribution in [2.24, 2.45) is 0 Å². The topological polar surface area (TPSA) is 66.4 Å². The van der Waals surface area contributed by atoms with Gasteiger partial charge in [-0.3, -0.25) is 4.79 Å². The van der Waals surface area contributed by atoms with Gasteiger partial charge in [0, 0.05) is 10.0 Å². The summed E-state index contributed by atoms with van der Waals surface area (Å²) in [5.41, 5.74) is 2.59. The number of benzene rings is 2. The zero-order valence-electron chi connectivity index (χ0n) is 11.6. The highest BCUT2D eigenvalue weighted by molar-refractivity contribution is 9.10. The second-order valence-electron chi connectivity index (χ2n) is 4.72. The van der Waals surface area contributed by atoms with Gasteiger partial charge in [-0.25, -0.2) is 4.79 Å². The Morgan fingerprint density at radius 1 is 1.10 bits per heavy atom. The third kappa shape index (κ3) is 3.31. The van der Waals surface area contributed by atoms with E-state index in [0.29, 0.717) is 10.0 Å². The average Bonchev–Trinajstić information content (AvgIpc) is 2.40. The summed E-state index contributed by atoms with van der Waals surface area (Å²) in [6.07, 6.45) is 0. The van der Waals surface area contributed by atoms with E-state index < -0.39 is 5.97 Å². The van der Waals surface area contributed by atoms with Gasteiger partial charge in [0.1, 0.15) is 0 Å². The van der Waals surface area contributed by atoms with Gasteiger partial charge in [-0.2, -0.15) is 0 Å². The Hall–Kier alpha value is -2.14. The number of aromatic carboxylic acids is 1. The maximum atomic E-state index is 12.4. The van der Waals surface area contributed by atoms with E-state index in [9.17, 15) is 14.7 Å². The van der Waals surface area contributed by atoms with Crippen molar-refractivity contribution in [3.63, 3.8) is 0 Å². The first kappa shape index (κ1) is 15.3. The number of aryl methyl sites for hydroxylation is 2. The predicted molar refractivity (Wildman–Crippen MR) is 85.0 cm³/mol. The highest BCUT2D eigenvalue weighted by Gasteiger charge is 2.16. The Morgan fingerprint density at radius 3 is 2.29 bits per heavy atom. The Morgan fingerprint density at radius 2 is 1.71 bits per heavy atom. The molecule has 2 aromatic rings. The molecular formula is C16H14BrNO3. The fourth-order valence-corrected chi connectivity index (χ4v) is 2.52. The highest BCUT2D eigenvalue weighted by Crippen LogP contribution is 2.23. The number of carbonyl (C=O) groups is 2. The normalized spacial score (nSPS) is 10.2. The second-order valence-corrected chi connectivity index (χ2v) is 5.63. The first-order valence-corrected chi connectivity index (χ1v) is 7.10. The number of nitrogens with one attached hydrogen (secondary N) is 1. The van der Waals surface area contributed by atoms with Gasteiger partial charge >= 0.3 is 5.97 Å². The molecule has 0 bridgehead atoms. The minimum absolute atomic E-state index is 0.0453. The lowest BCUT2D eigenvalue weighted by Crippen LogP contribution is -2.17. The summed E-state index contributed by atoms with van der Waals surface area (Å²) in [6, 6.07) is 10.3. The molecule has 2 aromatic carbocycles. The van der Waals surface area contributed by atoms with Gasteiger partial charge in [-0.05, 0) is 43.2 Å². The Bertz CT molecular complexity index is 705. The summed E-state index contributed by atoms with van der Waals surface area (Å²) < 4.78 is 0.643. The molecule has 0 spiro atoms. The lowest BCUT2D eigenvalue weighted by atomic mass is 10.0. The number of hydrogen-bond donors (Lipinski definition) is 2. The summed E-state index contributed by atoms with van der Waals surface area (Å²) in [6.45, 7) is 3.70. The van der Waals surface area contributed by atoms with Gasteiger partial charge in [0.25, 0.3) is 5.91 Å². The average molecular weight is 348 g/mol. The van der Waals surface area contributed by atoms with E-state index in [1.165, 1.54) is 6.07 Å². The highest BCUT2D eigenvalue weighted by atomic mass is 79.9. The fourth-order valence-electron chi connectivity index (χ4n) is 2.16. The van der Waals surface area contributed by atoms with Gasteiger partial charge in [-0.1, -0.05) is 34.1 Å². The van der Waals surface area contributed by atoms with Crippen molar-refractivity contribution in [3.8, 4) is 0 Å². The number of carboxylic acid groups (broad SMARTS) is 1. The summed E-state index contributed by atoms with van der Waals surface area (Å²) in [5, 5.41) is 11.9. The largest absolute Gasteiger partial charge is 0.478 e. The van der Waals surface area contributed by atoms with Crippen LogP contribution in [0.5, 0.6) is 0 Å². The Kier molecular flexibility index (Phi) is 4.43. The van der Waals surface area contributed by atoms with E-state index >= 15 is 0 Å². The molecule has 2 rings (SSSR count). The minimum atomic E-state index is -1.09. The van der Waals surface area contributed by atoms with E-state index in [4.69, 9.17) is 0 Å². The SMILES string of the molecule is Cc1cccc(C)c1C(=O)Nc1ccc(Br)cc1C(=O)O. The van der Waals surface area contributed by atoms with Crippen LogP contribution in [0.3, 0.4) is 0 Å². The first-order chi connectivity index (χ1) is 9.90. The van der Waals surface area contributed by atoms with Crippen LogP contribution in [-0.4, -0.2) is 17.0 Å². The molecule has 0 aromatic heterocycles. The standard InChI is InChI=1S/C16H14BrNO3/c1-9-4-3-5-10(2)14(9)15(19)18-13-7-6-11(17)8-12(13)16(20)21/h3-8H,1-2H3,(H,18,19)(H,20,21). The molecule has 0 fully saturated rings. The molecule has 5 heteroatoms. The van der Waals surface area contributed by atoms with Crippen LogP contribution in [0.25, 0.3) is 0 Å². The molecule has 0 saturated carbocycles. The number of halogens is 1. The maximum Gasteiger partial charge on any atom is 0.337 e. The molecule has 1 amide bonds. The van der Waals surface area contributed by atoms with Crippen LogP contribution in [0.4, 0.5) is 5.69 Å². The quantitative estimate of drug-likeness (QED) is 0.881. The lowest BCUT2D eigenvalue weighted by molar-refractivity contribution is 0.0698. The molecule has 21 heavy (non-hydrogen) atoms. The summed E-state index contributed by atoms with van der Waals surface area (Å²) in [4.78, 5) is 23.7. The van der Waals surface area contributed by atoms with Crippen molar-refractivity contribution in [1.82, 2.24) is 0 Å². The van der Waals surface area contributed by atoms with Crippen LogP contribution in [0.1, 0.15) is 31.8 Å². The molecule has 0 aliphatic rings. The lowest BCUT2D eigenvalue weighted by Gasteiger charge is -2.12.